The lowest BCUT2D eigenvalue weighted by Crippen LogP contribution is -1.94. The van der Waals surface area contributed by atoms with Crippen molar-refractivity contribution in [3.05, 3.63) is 30.1 Å². The lowest BCUT2D eigenvalue weighted by atomic mass is 10.2. The molecule has 0 bridgehead atoms. The van der Waals surface area contributed by atoms with Gasteiger partial charge in [0.05, 0.1) is 6.07 Å². The molecule has 0 aliphatic heterocycles. The zero-order valence-electron chi connectivity index (χ0n) is 7.36. The molecule has 3 heteroatoms. The topological polar surface area (TPSA) is 41.6 Å². The van der Waals surface area contributed by atoms with Crippen molar-refractivity contribution in [2.24, 2.45) is 0 Å². The number of nitriles is 1. The quantitative estimate of drug-likeness (QED) is 0.657. The molecule has 13 heavy (non-hydrogen) atoms. The molecule has 0 fully saturated rings. The normalized spacial score (nSPS) is 10.2. The monoisotopic (exact) mass is 171 g/mol. The number of rotatable bonds is 1. The van der Waals surface area contributed by atoms with E-state index in [4.69, 9.17) is 5.26 Å². The van der Waals surface area contributed by atoms with Crippen LogP contribution >= 0.6 is 0 Å². The first kappa shape index (κ1) is 7.81. The fourth-order valence-electron chi connectivity index (χ4n) is 1.43. The Morgan fingerprint density at radius 3 is 3.15 bits per heavy atom. The fourth-order valence-corrected chi connectivity index (χ4v) is 1.43. The van der Waals surface area contributed by atoms with Crippen molar-refractivity contribution in [1.29, 1.82) is 5.26 Å². The summed E-state index contributed by atoms with van der Waals surface area (Å²) in [6.07, 6.45) is 3.67. The molecule has 0 unspecified atom stereocenters. The SMILES string of the molecule is Cc1ccnc2c1ccn2CC#N. The zero-order chi connectivity index (χ0) is 9.26. The van der Waals surface area contributed by atoms with E-state index in [1.54, 1.807) is 6.20 Å². The first-order valence-corrected chi connectivity index (χ1v) is 4.10. The number of aromatic nitrogens is 2. The summed E-state index contributed by atoms with van der Waals surface area (Å²) in [6, 6.07) is 6.07. The van der Waals surface area contributed by atoms with Crippen LogP contribution in [0.1, 0.15) is 5.56 Å². The van der Waals surface area contributed by atoms with Gasteiger partial charge in [-0.1, -0.05) is 0 Å². The Hall–Kier alpha value is -1.82. The van der Waals surface area contributed by atoms with Crippen LogP contribution in [-0.4, -0.2) is 9.55 Å². The van der Waals surface area contributed by atoms with E-state index < -0.39 is 0 Å². The van der Waals surface area contributed by atoms with Gasteiger partial charge < -0.3 is 4.57 Å². The molecular weight excluding hydrogens is 162 g/mol. The third-order valence-electron chi connectivity index (χ3n) is 2.12. The Morgan fingerprint density at radius 2 is 2.38 bits per heavy atom. The van der Waals surface area contributed by atoms with Crippen LogP contribution in [0.2, 0.25) is 0 Å². The highest BCUT2D eigenvalue weighted by molar-refractivity contribution is 5.79. The Kier molecular flexibility index (Phi) is 1.75. The summed E-state index contributed by atoms with van der Waals surface area (Å²) in [4.78, 5) is 4.23. The van der Waals surface area contributed by atoms with Crippen molar-refractivity contribution in [2.75, 3.05) is 0 Å². The molecular formula is C10H9N3. The second-order valence-electron chi connectivity index (χ2n) is 2.97. The van der Waals surface area contributed by atoms with Gasteiger partial charge in [0.25, 0.3) is 0 Å². The number of hydrogen-bond acceptors (Lipinski definition) is 2. The van der Waals surface area contributed by atoms with Gasteiger partial charge in [-0.2, -0.15) is 5.26 Å². The minimum absolute atomic E-state index is 0.361. The molecule has 0 atom stereocenters. The second kappa shape index (κ2) is 2.91. The zero-order valence-corrected chi connectivity index (χ0v) is 7.36. The Balaban J connectivity index is 2.70. The molecule has 2 aromatic rings. The molecule has 0 aliphatic carbocycles. The maximum Gasteiger partial charge on any atom is 0.141 e. The molecule has 0 amide bonds. The number of nitrogens with zero attached hydrogens (tertiary/aromatic N) is 3. The van der Waals surface area contributed by atoms with Crippen LogP contribution < -0.4 is 0 Å². The average molecular weight is 171 g/mol. The van der Waals surface area contributed by atoms with Gasteiger partial charge in [0.2, 0.25) is 0 Å². The van der Waals surface area contributed by atoms with Crippen molar-refractivity contribution >= 4 is 11.0 Å². The maximum atomic E-state index is 8.57. The van der Waals surface area contributed by atoms with Crippen molar-refractivity contribution in [3.63, 3.8) is 0 Å². The van der Waals surface area contributed by atoms with E-state index >= 15 is 0 Å². The van der Waals surface area contributed by atoms with E-state index in [-0.39, 0.29) is 0 Å². The molecule has 0 N–H and O–H groups in total. The standard InChI is InChI=1S/C10H9N3/c1-8-2-5-12-10-9(8)3-6-13(10)7-4-11/h2-3,5-6H,7H2,1H3. The predicted molar refractivity (Wildman–Crippen MR) is 50.1 cm³/mol. The van der Waals surface area contributed by atoms with Gasteiger partial charge >= 0.3 is 0 Å². The fraction of sp³-hybridized carbons (Fsp3) is 0.200. The largest absolute Gasteiger partial charge is 0.319 e. The minimum atomic E-state index is 0.361. The highest BCUT2D eigenvalue weighted by atomic mass is 15.0. The van der Waals surface area contributed by atoms with E-state index in [0.717, 1.165) is 11.0 Å². The van der Waals surface area contributed by atoms with Gasteiger partial charge in [0.1, 0.15) is 12.2 Å². The van der Waals surface area contributed by atoms with E-state index in [2.05, 4.69) is 11.1 Å². The molecule has 0 aliphatic rings. The summed E-state index contributed by atoms with van der Waals surface area (Å²) in [5.74, 6) is 0. The minimum Gasteiger partial charge on any atom is -0.319 e. The summed E-state index contributed by atoms with van der Waals surface area (Å²) in [5.41, 5.74) is 2.09. The molecule has 0 saturated carbocycles. The Bertz CT molecular complexity index is 476. The predicted octanol–water partition coefficient (Wildman–Crippen LogP) is 1.87. The van der Waals surface area contributed by atoms with Crippen molar-refractivity contribution < 1.29 is 0 Å². The van der Waals surface area contributed by atoms with Gasteiger partial charge in [0, 0.05) is 17.8 Å². The first-order valence-electron chi connectivity index (χ1n) is 4.10. The van der Waals surface area contributed by atoms with E-state index in [1.807, 2.05) is 29.8 Å². The van der Waals surface area contributed by atoms with Gasteiger partial charge in [-0.25, -0.2) is 4.98 Å². The van der Waals surface area contributed by atoms with E-state index in [0.29, 0.717) is 6.54 Å². The van der Waals surface area contributed by atoms with Crippen molar-refractivity contribution in [3.8, 4) is 6.07 Å². The van der Waals surface area contributed by atoms with Gasteiger partial charge in [-0.3, -0.25) is 0 Å². The van der Waals surface area contributed by atoms with Crippen LogP contribution in [0.4, 0.5) is 0 Å². The smallest absolute Gasteiger partial charge is 0.141 e. The molecule has 2 aromatic heterocycles. The summed E-state index contributed by atoms with van der Waals surface area (Å²) in [7, 11) is 0. The number of hydrogen-bond donors (Lipinski definition) is 0. The van der Waals surface area contributed by atoms with E-state index in [1.165, 1.54) is 5.56 Å². The van der Waals surface area contributed by atoms with Crippen molar-refractivity contribution in [2.45, 2.75) is 13.5 Å². The second-order valence-corrected chi connectivity index (χ2v) is 2.97. The molecule has 64 valence electrons. The van der Waals surface area contributed by atoms with Crippen LogP contribution in [-0.2, 0) is 6.54 Å². The van der Waals surface area contributed by atoms with Crippen LogP contribution in [0.5, 0.6) is 0 Å². The number of aryl methyl sites for hydroxylation is 1. The van der Waals surface area contributed by atoms with Gasteiger partial charge in [0.15, 0.2) is 0 Å². The van der Waals surface area contributed by atoms with E-state index in [9.17, 15) is 0 Å². The lowest BCUT2D eigenvalue weighted by Gasteiger charge is -1.98. The summed E-state index contributed by atoms with van der Waals surface area (Å²) in [5, 5.41) is 9.69. The van der Waals surface area contributed by atoms with Gasteiger partial charge in [-0.05, 0) is 24.6 Å². The number of pyridine rings is 1. The Labute approximate surface area is 76.2 Å². The molecule has 0 spiro atoms. The van der Waals surface area contributed by atoms with Crippen LogP contribution in [0, 0.1) is 18.3 Å². The first-order chi connectivity index (χ1) is 6.33. The highest BCUT2D eigenvalue weighted by Gasteiger charge is 2.02. The summed E-state index contributed by atoms with van der Waals surface area (Å²) >= 11 is 0. The third-order valence-corrected chi connectivity index (χ3v) is 2.12. The van der Waals surface area contributed by atoms with Crippen molar-refractivity contribution in [1.82, 2.24) is 9.55 Å². The maximum absolute atomic E-state index is 8.57. The van der Waals surface area contributed by atoms with Crippen LogP contribution in [0.15, 0.2) is 24.5 Å². The summed E-state index contributed by atoms with van der Waals surface area (Å²) in [6.45, 7) is 2.40. The molecule has 3 nitrogen and oxygen atoms in total. The molecule has 0 saturated heterocycles. The Morgan fingerprint density at radius 1 is 1.54 bits per heavy atom. The molecule has 0 aromatic carbocycles. The summed E-state index contributed by atoms with van der Waals surface area (Å²) < 4.78 is 1.85. The van der Waals surface area contributed by atoms with Gasteiger partial charge in [-0.15, -0.1) is 0 Å². The molecule has 2 heterocycles. The average Bonchev–Trinajstić information content (AvgIpc) is 2.51. The number of fused-ring (bicyclic) bond motifs is 1. The van der Waals surface area contributed by atoms with Crippen LogP contribution in [0.25, 0.3) is 11.0 Å². The third kappa shape index (κ3) is 1.17. The van der Waals surface area contributed by atoms with Crippen LogP contribution in [0.3, 0.4) is 0 Å². The highest BCUT2D eigenvalue weighted by Crippen LogP contribution is 2.16. The molecule has 0 radical (unpaired) electrons. The lowest BCUT2D eigenvalue weighted by molar-refractivity contribution is 0.860. The molecule has 2 rings (SSSR count).